The molecule has 1 aliphatic heterocycles. The van der Waals surface area contributed by atoms with Crippen LogP contribution in [0.5, 0.6) is 0 Å². The van der Waals surface area contributed by atoms with Crippen LogP contribution in [0.15, 0.2) is 5.16 Å². The highest BCUT2D eigenvalue weighted by atomic mass is 32.2. The van der Waals surface area contributed by atoms with Crippen molar-refractivity contribution in [2.45, 2.75) is 16.8 Å². The molecule has 6 nitrogen and oxygen atoms in total. The molecule has 0 spiro atoms. The second-order valence-electron chi connectivity index (χ2n) is 2.77. The summed E-state index contributed by atoms with van der Waals surface area (Å²) in [5.41, 5.74) is 0. The Morgan fingerprint density at radius 3 is 3.08 bits per heavy atom. The molecule has 0 aromatic carbocycles. The topological polar surface area (TPSA) is 72.7 Å². The van der Waals surface area contributed by atoms with E-state index < -0.39 is 0 Å². The molecule has 1 unspecified atom stereocenters. The van der Waals surface area contributed by atoms with Gasteiger partial charge in [0.15, 0.2) is 0 Å². The maximum Gasteiger partial charge on any atom is 0.233 e. The van der Waals surface area contributed by atoms with Gasteiger partial charge in [0.2, 0.25) is 11.1 Å². The second-order valence-corrected chi connectivity index (χ2v) is 3.94. The number of rotatable bonds is 2. The average Bonchev–Trinajstić information content (AvgIpc) is 2.65. The van der Waals surface area contributed by atoms with Crippen LogP contribution < -0.4 is 5.32 Å². The number of nitrogens with one attached hydrogen (secondary N) is 1. The highest BCUT2D eigenvalue weighted by Crippen LogP contribution is 2.24. The van der Waals surface area contributed by atoms with E-state index in [1.54, 1.807) is 11.7 Å². The largest absolute Gasteiger partial charge is 0.355 e. The van der Waals surface area contributed by atoms with Gasteiger partial charge in [-0.3, -0.25) is 4.79 Å². The summed E-state index contributed by atoms with van der Waals surface area (Å²) in [5, 5.41) is 14.4. The van der Waals surface area contributed by atoms with E-state index in [4.69, 9.17) is 0 Å². The van der Waals surface area contributed by atoms with Crippen molar-refractivity contribution in [3.8, 4) is 0 Å². The Morgan fingerprint density at radius 2 is 2.54 bits per heavy atom. The van der Waals surface area contributed by atoms with Gasteiger partial charge in [-0.05, 0) is 16.8 Å². The average molecular weight is 199 g/mol. The minimum Gasteiger partial charge on any atom is -0.355 e. The Bertz CT molecular complexity index is 325. The summed E-state index contributed by atoms with van der Waals surface area (Å²) in [5.74, 6) is 0.0769. The molecule has 1 N–H and O–H groups in total. The van der Waals surface area contributed by atoms with E-state index in [1.807, 2.05) is 0 Å². The molecule has 1 aliphatic rings. The SMILES string of the molecule is Cn1nnnc1SC1CCNC1=O. The molecule has 2 heterocycles. The number of carbonyl (C=O) groups excluding carboxylic acids is 1. The molecule has 1 atom stereocenters. The lowest BCUT2D eigenvalue weighted by atomic mass is 10.4. The van der Waals surface area contributed by atoms with E-state index in [2.05, 4.69) is 20.8 Å². The molecule has 0 aliphatic carbocycles. The van der Waals surface area contributed by atoms with Crippen LogP contribution in [0.25, 0.3) is 0 Å². The molecule has 1 aromatic heterocycles. The lowest BCUT2D eigenvalue weighted by Gasteiger charge is -2.02. The van der Waals surface area contributed by atoms with Crippen molar-refractivity contribution in [3.63, 3.8) is 0 Å². The third kappa shape index (κ3) is 1.64. The molecular weight excluding hydrogens is 190 g/mol. The monoisotopic (exact) mass is 199 g/mol. The van der Waals surface area contributed by atoms with E-state index in [-0.39, 0.29) is 11.2 Å². The Hall–Kier alpha value is -1.11. The zero-order valence-electron chi connectivity index (χ0n) is 7.10. The molecule has 1 amide bonds. The molecule has 2 rings (SSSR count). The summed E-state index contributed by atoms with van der Waals surface area (Å²) < 4.78 is 1.57. The maximum absolute atomic E-state index is 11.2. The van der Waals surface area contributed by atoms with E-state index in [1.165, 1.54) is 11.8 Å². The molecule has 0 bridgehead atoms. The lowest BCUT2D eigenvalue weighted by molar-refractivity contribution is -0.118. The van der Waals surface area contributed by atoms with E-state index >= 15 is 0 Å². The van der Waals surface area contributed by atoms with Crippen LogP contribution >= 0.6 is 11.8 Å². The fraction of sp³-hybridized carbons (Fsp3) is 0.667. The maximum atomic E-state index is 11.2. The standard InChI is InChI=1S/C6H9N5OS/c1-11-6(8-9-10-11)13-4-2-3-7-5(4)12/h4H,2-3H2,1H3,(H,7,12). The normalized spacial score (nSPS) is 21.9. The molecule has 1 aromatic rings. The van der Waals surface area contributed by atoms with Gasteiger partial charge in [0.25, 0.3) is 0 Å². The summed E-state index contributed by atoms with van der Waals surface area (Å²) in [6.45, 7) is 0.752. The molecular formula is C6H9N5OS. The van der Waals surface area contributed by atoms with Crippen molar-refractivity contribution in [2.75, 3.05) is 6.54 Å². The molecule has 7 heteroatoms. The predicted octanol–water partition coefficient (Wildman–Crippen LogP) is -0.809. The van der Waals surface area contributed by atoms with Crippen LogP contribution in [0.3, 0.4) is 0 Å². The first kappa shape index (κ1) is 8.49. The van der Waals surface area contributed by atoms with Gasteiger partial charge in [0.1, 0.15) is 0 Å². The predicted molar refractivity (Wildman–Crippen MR) is 46.1 cm³/mol. The van der Waals surface area contributed by atoms with Gasteiger partial charge in [0.05, 0.1) is 5.25 Å². The molecule has 1 fully saturated rings. The number of tetrazole rings is 1. The first-order valence-corrected chi connectivity index (χ1v) is 4.82. The van der Waals surface area contributed by atoms with Crippen molar-refractivity contribution < 1.29 is 4.79 Å². The van der Waals surface area contributed by atoms with Crippen molar-refractivity contribution in [3.05, 3.63) is 0 Å². The molecule has 0 saturated carbocycles. The van der Waals surface area contributed by atoms with Crippen LogP contribution in [0, 0.1) is 0 Å². The van der Waals surface area contributed by atoms with Crippen LogP contribution in [0.2, 0.25) is 0 Å². The van der Waals surface area contributed by atoms with Gasteiger partial charge in [0, 0.05) is 13.6 Å². The first-order chi connectivity index (χ1) is 6.27. The Morgan fingerprint density at radius 1 is 1.69 bits per heavy atom. The van der Waals surface area contributed by atoms with Crippen LogP contribution in [-0.4, -0.2) is 37.9 Å². The number of thioether (sulfide) groups is 1. The third-order valence-corrected chi connectivity index (χ3v) is 3.12. The summed E-state index contributed by atoms with van der Waals surface area (Å²) in [4.78, 5) is 11.2. The Balaban J connectivity index is 2.06. The van der Waals surface area contributed by atoms with Gasteiger partial charge >= 0.3 is 0 Å². The molecule has 70 valence electrons. The zero-order valence-corrected chi connectivity index (χ0v) is 7.91. The van der Waals surface area contributed by atoms with Gasteiger partial charge in [-0.25, -0.2) is 4.68 Å². The van der Waals surface area contributed by atoms with Crippen LogP contribution in [0.4, 0.5) is 0 Å². The fourth-order valence-electron chi connectivity index (χ4n) is 1.13. The minimum absolute atomic E-state index is 0.0373. The Labute approximate surface area is 79.1 Å². The smallest absolute Gasteiger partial charge is 0.233 e. The lowest BCUT2D eigenvalue weighted by Crippen LogP contribution is -2.20. The number of aryl methyl sites for hydroxylation is 1. The Kier molecular flexibility index (Phi) is 2.17. The number of hydrogen-bond acceptors (Lipinski definition) is 5. The molecule has 0 radical (unpaired) electrons. The van der Waals surface area contributed by atoms with Crippen molar-refractivity contribution in [1.82, 2.24) is 25.5 Å². The highest BCUT2D eigenvalue weighted by Gasteiger charge is 2.26. The quantitative estimate of drug-likeness (QED) is 0.674. The van der Waals surface area contributed by atoms with Gasteiger partial charge in [-0.1, -0.05) is 11.8 Å². The van der Waals surface area contributed by atoms with Crippen molar-refractivity contribution >= 4 is 17.7 Å². The number of nitrogens with zero attached hydrogens (tertiary/aromatic N) is 4. The zero-order chi connectivity index (χ0) is 9.26. The van der Waals surface area contributed by atoms with E-state index in [0.29, 0.717) is 5.16 Å². The van der Waals surface area contributed by atoms with Crippen LogP contribution in [-0.2, 0) is 11.8 Å². The van der Waals surface area contributed by atoms with Crippen LogP contribution in [0.1, 0.15) is 6.42 Å². The number of hydrogen-bond donors (Lipinski definition) is 1. The molecule has 1 saturated heterocycles. The molecule has 13 heavy (non-hydrogen) atoms. The van der Waals surface area contributed by atoms with E-state index in [0.717, 1.165) is 13.0 Å². The van der Waals surface area contributed by atoms with Crippen molar-refractivity contribution in [1.29, 1.82) is 0 Å². The van der Waals surface area contributed by atoms with Gasteiger partial charge in [-0.15, -0.1) is 5.10 Å². The van der Waals surface area contributed by atoms with Gasteiger partial charge in [-0.2, -0.15) is 0 Å². The highest BCUT2D eigenvalue weighted by molar-refractivity contribution is 8.00. The third-order valence-electron chi connectivity index (χ3n) is 1.83. The summed E-state index contributed by atoms with van der Waals surface area (Å²) in [6, 6.07) is 0. The summed E-state index contributed by atoms with van der Waals surface area (Å²) in [6.07, 6.45) is 0.844. The second kappa shape index (κ2) is 3.33. The number of aromatic nitrogens is 4. The number of amides is 1. The number of carbonyl (C=O) groups is 1. The van der Waals surface area contributed by atoms with E-state index in [9.17, 15) is 4.79 Å². The van der Waals surface area contributed by atoms with Crippen molar-refractivity contribution in [2.24, 2.45) is 7.05 Å². The summed E-state index contributed by atoms with van der Waals surface area (Å²) in [7, 11) is 1.76. The first-order valence-electron chi connectivity index (χ1n) is 3.94. The summed E-state index contributed by atoms with van der Waals surface area (Å²) >= 11 is 1.41. The minimum atomic E-state index is -0.0373. The fourth-order valence-corrected chi connectivity index (χ4v) is 2.09. The van der Waals surface area contributed by atoms with Gasteiger partial charge < -0.3 is 5.32 Å².